The fourth-order valence-corrected chi connectivity index (χ4v) is 5.34. The molecule has 1 amide bonds. The Hall–Kier alpha value is -3.29. The predicted octanol–water partition coefficient (Wildman–Crippen LogP) is 5.85. The van der Waals surface area contributed by atoms with Crippen molar-refractivity contribution in [1.82, 2.24) is 14.7 Å². The topological polar surface area (TPSA) is 58.4 Å². The van der Waals surface area contributed by atoms with Gasteiger partial charge in [-0.1, -0.05) is 23.7 Å². The van der Waals surface area contributed by atoms with Crippen molar-refractivity contribution in [1.29, 1.82) is 0 Å². The lowest BCUT2D eigenvalue weighted by Gasteiger charge is -2.24. The van der Waals surface area contributed by atoms with E-state index in [4.69, 9.17) is 16.7 Å². The Morgan fingerprint density at radius 2 is 1.74 bits per heavy atom. The van der Waals surface area contributed by atoms with Crippen molar-refractivity contribution in [3.63, 3.8) is 0 Å². The van der Waals surface area contributed by atoms with Crippen molar-refractivity contribution in [3.8, 4) is 22.7 Å². The second-order valence-electron chi connectivity index (χ2n) is 8.03. The molecule has 1 saturated heterocycles. The number of nitrogens with zero attached hydrogens (tertiary/aromatic N) is 3. The van der Waals surface area contributed by atoms with Gasteiger partial charge < -0.3 is 10.0 Å². The number of rotatable bonds is 6. The van der Waals surface area contributed by atoms with Crippen LogP contribution in [0, 0.1) is 5.82 Å². The highest BCUT2D eigenvalue weighted by molar-refractivity contribution is 8.00. The number of benzene rings is 3. The summed E-state index contributed by atoms with van der Waals surface area (Å²) in [6, 6.07) is 20.6. The van der Waals surface area contributed by atoms with Crippen LogP contribution in [-0.2, 0) is 11.2 Å². The van der Waals surface area contributed by atoms with Crippen LogP contribution in [0.1, 0.15) is 16.5 Å². The van der Waals surface area contributed by atoms with Crippen molar-refractivity contribution in [2.45, 2.75) is 11.8 Å². The zero-order chi connectivity index (χ0) is 23.7. The van der Waals surface area contributed by atoms with E-state index in [0.717, 1.165) is 22.4 Å². The molecular weight excluding hydrogens is 473 g/mol. The monoisotopic (exact) mass is 493 g/mol. The molecule has 1 N–H and O–H groups in total. The van der Waals surface area contributed by atoms with Crippen LogP contribution in [0.15, 0.2) is 79.0 Å². The Morgan fingerprint density at radius 3 is 2.44 bits per heavy atom. The molecule has 1 fully saturated rings. The Bertz CT molecular complexity index is 1310. The Kier molecular flexibility index (Phi) is 6.30. The quantitative estimate of drug-likeness (QED) is 0.366. The Labute approximate surface area is 205 Å². The molecule has 0 aliphatic carbocycles. The smallest absolute Gasteiger partial charge is 0.233 e. The zero-order valence-corrected chi connectivity index (χ0v) is 19.6. The number of halogens is 2. The van der Waals surface area contributed by atoms with Gasteiger partial charge in [0.25, 0.3) is 0 Å². The minimum atomic E-state index is -0.316. The standard InChI is InChI=1S/C26H21ClFN3O2S/c27-19-5-9-21(10-6-19)31-15-23(25(29-31)18-3-7-20(28)8-4-18)26-30(24(33)16-34-26)14-13-17-1-11-22(32)12-2-17/h1-12,15,26,32H,13-14,16H2. The fourth-order valence-electron chi connectivity index (χ4n) is 3.99. The molecule has 5 nitrogen and oxygen atoms in total. The molecule has 34 heavy (non-hydrogen) atoms. The second kappa shape index (κ2) is 9.52. The van der Waals surface area contributed by atoms with Crippen LogP contribution in [0.5, 0.6) is 5.75 Å². The van der Waals surface area contributed by atoms with Crippen LogP contribution in [-0.4, -0.2) is 38.0 Å². The van der Waals surface area contributed by atoms with Gasteiger partial charge in [-0.25, -0.2) is 9.07 Å². The molecule has 5 rings (SSSR count). The largest absolute Gasteiger partial charge is 0.508 e. The third kappa shape index (κ3) is 4.67. The van der Waals surface area contributed by atoms with Gasteiger partial charge in [0.05, 0.1) is 17.1 Å². The average Bonchev–Trinajstić information content (AvgIpc) is 3.43. The summed E-state index contributed by atoms with van der Waals surface area (Å²) in [6.45, 7) is 0.538. The van der Waals surface area contributed by atoms with E-state index in [1.54, 1.807) is 52.8 Å². The zero-order valence-electron chi connectivity index (χ0n) is 18.1. The number of thioether (sulfide) groups is 1. The maximum absolute atomic E-state index is 13.6. The van der Waals surface area contributed by atoms with Crippen molar-refractivity contribution in [3.05, 3.63) is 101 Å². The highest BCUT2D eigenvalue weighted by Gasteiger charge is 2.35. The van der Waals surface area contributed by atoms with Gasteiger partial charge in [0.2, 0.25) is 5.91 Å². The molecule has 1 aliphatic heterocycles. The first-order valence-corrected chi connectivity index (χ1v) is 12.2. The van der Waals surface area contributed by atoms with E-state index < -0.39 is 0 Å². The molecule has 0 radical (unpaired) electrons. The number of hydrogen-bond acceptors (Lipinski definition) is 4. The molecule has 8 heteroatoms. The first-order chi connectivity index (χ1) is 16.5. The first-order valence-electron chi connectivity index (χ1n) is 10.8. The van der Waals surface area contributed by atoms with E-state index in [2.05, 4.69) is 0 Å². The van der Waals surface area contributed by atoms with E-state index in [1.807, 2.05) is 35.4 Å². The number of phenols is 1. The summed E-state index contributed by atoms with van der Waals surface area (Å²) >= 11 is 7.61. The van der Waals surface area contributed by atoms with Crippen LogP contribution in [0.4, 0.5) is 4.39 Å². The van der Waals surface area contributed by atoms with Gasteiger partial charge in [-0.05, 0) is 72.6 Å². The fraction of sp³-hybridized carbons (Fsp3) is 0.154. The predicted molar refractivity (Wildman–Crippen MR) is 133 cm³/mol. The SMILES string of the molecule is O=C1CSC(c2cn(-c3ccc(Cl)cc3)nc2-c2ccc(F)cc2)N1CCc1ccc(O)cc1. The molecule has 1 aromatic heterocycles. The van der Waals surface area contributed by atoms with E-state index >= 15 is 0 Å². The maximum atomic E-state index is 13.6. The van der Waals surface area contributed by atoms with Gasteiger partial charge in [-0.3, -0.25) is 4.79 Å². The van der Waals surface area contributed by atoms with E-state index in [-0.39, 0.29) is 22.8 Å². The molecule has 172 valence electrons. The highest BCUT2D eigenvalue weighted by atomic mass is 35.5. The van der Waals surface area contributed by atoms with Crippen molar-refractivity contribution >= 4 is 29.3 Å². The van der Waals surface area contributed by atoms with Gasteiger partial charge in [-0.2, -0.15) is 5.10 Å². The molecule has 1 atom stereocenters. The normalized spacial score (nSPS) is 15.8. The van der Waals surface area contributed by atoms with Crippen LogP contribution in [0.2, 0.25) is 5.02 Å². The molecule has 1 aliphatic rings. The highest BCUT2D eigenvalue weighted by Crippen LogP contribution is 2.42. The lowest BCUT2D eigenvalue weighted by atomic mass is 10.1. The summed E-state index contributed by atoms with van der Waals surface area (Å²) in [7, 11) is 0. The third-order valence-electron chi connectivity index (χ3n) is 5.76. The van der Waals surface area contributed by atoms with Crippen molar-refractivity contribution in [2.75, 3.05) is 12.3 Å². The molecular formula is C26H21ClFN3O2S. The first kappa shape index (κ1) is 22.5. The number of aromatic hydroxyl groups is 1. The van der Waals surface area contributed by atoms with Crippen LogP contribution >= 0.6 is 23.4 Å². The summed E-state index contributed by atoms with van der Waals surface area (Å²) in [4.78, 5) is 14.7. The lowest BCUT2D eigenvalue weighted by Crippen LogP contribution is -2.30. The summed E-state index contributed by atoms with van der Waals surface area (Å²) in [5.41, 5.74) is 4.25. The minimum Gasteiger partial charge on any atom is -0.508 e. The van der Waals surface area contributed by atoms with E-state index in [9.17, 15) is 14.3 Å². The molecule has 3 aromatic carbocycles. The van der Waals surface area contributed by atoms with Crippen LogP contribution in [0.25, 0.3) is 16.9 Å². The Morgan fingerprint density at radius 1 is 1.03 bits per heavy atom. The van der Waals surface area contributed by atoms with Gasteiger partial charge in [-0.15, -0.1) is 11.8 Å². The van der Waals surface area contributed by atoms with Crippen molar-refractivity contribution < 1.29 is 14.3 Å². The third-order valence-corrected chi connectivity index (χ3v) is 7.25. The number of amides is 1. The summed E-state index contributed by atoms with van der Waals surface area (Å²) in [5, 5.41) is 14.8. The molecule has 1 unspecified atom stereocenters. The van der Waals surface area contributed by atoms with E-state index in [0.29, 0.717) is 29.4 Å². The molecule has 0 spiro atoms. The van der Waals surface area contributed by atoms with Gasteiger partial charge in [0.1, 0.15) is 16.9 Å². The lowest BCUT2D eigenvalue weighted by molar-refractivity contribution is -0.128. The molecule has 4 aromatic rings. The second-order valence-corrected chi connectivity index (χ2v) is 9.53. The van der Waals surface area contributed by atoms with Crippen LogP contribution < -0.4 is 0 Å². The van der Waals surface area contributed by atoms with Crippen molar-refractivity contribution in [2.24, 2.45) is 0 Å². The number of carbonyl (C=O) groups excluding carboxylic acids is 1. The van der Waals surface area contributed by atoms with Crippen LogP contribution in [0.3, 0.4) is 0 Å². The minimum absolute atomic E-state index is 0.0677. The summed E-state index contributed by atoms with van der Waals surface area (Å²) in [6.07, 6.45) is 2.60. The summed E-state index contributed by atoms with van der Waals surface area (Å²) in [5.74, 6) is 0.351. The molecule has 2 heterocycles. The Balaban J connectivity index is 1.50. The molecule has 0 bridgehead atoms. The van der Waals surface area contributed by atoms with Gasteiger partial charge in [0, 0.05) is 28.9 Å². The number of carbonyl (C=O) groups is 1. The maximum Gasteiger partial charge on any atom is 0.233 e. The van der Waals surface area contributed by atoms with Gasteiger partial charge >= 0.3 is 0 Å². The summed E-state index contributed by atoms with van der Waals surface area (Å²) < 4.78 is 15.4. The van der Waals surface area contributed by atoms with Gasteiger partial charge in [0.15, 0.2) is 0 Å². The number of hydrogen-bond donors (Lipinski definition) is 1. The average molecular weight is 494 g/mol. The number of phenolic OH excluding ortho intramolecular Hbond substituents is 1. The molecule has 0 saturated carbocycles. The number of aromatic nitrogens is 2. The van der Waals surface area contributed by atoms with E-state index in [1.165, 1.54) is 12.1 Å².